The Morgan fingerprint density at radius 2 is 1.87 bits per heavy atom. The first-order chi connectivity index (χ1) is 19.1. The Balaban J connectivity index is 1.10. The molecule has 1 fully saturated rings. The number of H-pyrrole nitrogens is 1. The maximum atomic E-state index is 11.8. The van der Waals surface area contributed by atoms with Gasteiger partial charge < -0.3 is 19.7 Å². The summed E-state index contributed by atoms with van der Waals surface area (Å²) in [6.45, 7) is 4.89. The third-order valence-electron chi connectivity index (χ3n) is 9.20. The zero-order chi connectivity index (χ0) is 26.8. The average molecular weight is 527 g/mol. The van der Waals surface area contributed by atoms with Crippen molar-refractivity contribution in [2.45, 2.75) is 90.1 Å². The zero-order valence-corrected chi connectivity index (χ0v) is 23.6. The molecule has 0 atom stereocenters. The molecule has 2 aliphatic carbocycles. The Bertz CT molecular complexity index is 1510. The van der Waals surface area contributed by atoms with Crippen LogP contribution in [0.15, 0.2) is 39.6 Å². The molecule has 4 aromatic rings. The Labute approximate surface area is 231 Å². The molecule has 2 aromatic heterocycles. The molecule has 2 N–H and O–H groups in total. The third-order valence-corrected chi connectivity index (χ3v) is 9.20. The fraction of sp³-hybridized carbons (Fsp3) is 0.515. The molecule has 0 radical (unpaired) electrons. The number of aromatic amines is 1. The van der Waals surface area contributed by atoms with Crippen LogP contribution in [0.4, 0.5) is 0 Å². The highest BCUT2D eigenvalue weighted by atomic mass is 16.5. The van der Waals surface area contributed by atoms with Gasteiger partial charge in [-0.3, -0.25) is 4.79 Å². The van der Waals surface area contributed by atoms with E-state index in [1.165, 1.54) is 66.2 Å². The predicted molar refractivity (Wildman–Crippen MR) is 159 cm³/mol. The molecule has 0 bridgehead atoms. The Morgan fingerprint density at radius 3 is 2.74 bits per heavy atom. The van der Waals surface area contributed by atoms with E-state index in [0.29, 0.717) is 0 Å². The summed E-state index contributed by atoms with van der Waals surface area (Å²) in [6.07, 6.45) is 13.4. The van der Waals surface area contributed by atoms with Crippen LogP contribution in [-0.4, -0.2) is 41.2 Å². The van der Waals surface area contributed by atoms with E-state index >= 15 is 0 Å². The molecule has 6 rings (SSSR count). The summed E-state index contributed by atoms with van der Waals surface area (Å²) < 4.78 is 5.91. The number of nitrogens with zero attached hydrogens (tertiary/aromatic N) is 2. The van der Waals surface area contributed by atoms with Crippen molar-refractivity contribution < 1.29 is 4.52 Å². The summed E-state index contributed by atoms with van der Waals surface area (Å²) in [7, 11) is 2.30. The van der Waals surface area contributed by atoms with Crippen molar-refractivity contribution in [1.82, 2.24) is 20.4 Å². The van der Waals surface area contributed by atoms with Crippen LogP contribution in [0.3, 0.4) is 0 Å². The van der Waals surface area contributed by atoms with Gasteiger partial charge in [-0.2, -0.15) is 0 Å². The highest BCUT2D eigenvalue weighted by molar-refractivity contribution is 5.86. The minimum absolute atomic E-state index is 0.0486. The van der Waals surface area contributed by atoms with Crippen molar-refractivity contribution >= 4 is 21.9 Å². The monoisotopic (exact) mass is 526 g/mol. The van der Waals surface area contributed by atoms with E-state index in [-0.39, 0.29) is 5.56 Å². The fourth-order valence-corrected chi connectivity index (χ4v) is 7.02. The first-order valence-electron chi connectivity index (χ1n) is 15.0. The van der Waals surface area contributed by atoms with Crippen molar-refractivity contribution in [3.63, 3.8) is 0 Å². The molecule has 2 heterocycles. The number of pyridine rings is 1. The molecule has 0 spiro atoms. The molecule has 0 amide bonds. The first kappa shape index (κ1) is 26.3. The van der Waals surface area contributed by atoms with Crippen LogP contribution in [-0.2, 0) is 32.2 Å². The van der Waals surface area contributed by atoms with E-state index in [0.717, 1.165) is 85.5 Å². The van der Waals surface area contributed by atoms with E-state index in [2.05, 4.69) is 45.6 Å². The van der Waals surface area contributed by atoms with Crippen LogP contribution in [0.5, 0.6) is 0 Å². The summed E-state index contributed by atoms with van der Waals surface area (Å²) in [5.74, 6) is 0. The van der Waals surface area contributed by atoms with Gasteiger partial charge in [0.2, 0.25) is 5.56 Å². The first-order valence-corrected chi connectivity index (χ1v) is 15.0. The minimum Gasteiger partial charge on any atom is -0.356 e. The number of fused-ring (bicyclic) bond motifs is 4. The van der Waals surface area contributed by atoms with Gasteiger partial charge in [0.25, 0.3) is 0 Å². The van der Waals surface area contributed by atoms with E-state index in [1.54, 1.807) is 6.07 Å². The molecule has 0 saturated heterocycles. The molecule has 39 heavy (non-hydrogen) atoms. The van der Waals surface area contributed by atoms with Crippen molar-refractivity contribution in [2.75, 3.05) is 20.1 Å². The zero-order valence-electron chi connectivity index (χ0n) is 23.6. The standard InChI is InChI=1S/C33H42N4O2/c1-22-13-14-23(27-15-16-31(38)35-33(22)27)17-18-34-21-24-20-30-32(28-11-6-10-26(24)28)29(36-39-30)12-7-19-37(2)25-8-4-3-5-9-25/h13-16,20,25,34H,3-12,17-19,21H2,1-2H3,(H,35,38). The smallest absolute Gasteiger partial charge is 0.248 e. The lowest BCUT2D eigenvalue weighted by Gasteiger charge is -2.31. The number of nitrogens with one attached hydrogen (secondary N) is 2. The molecular formula is C33H42N4O2. The topological polar surface area (TPSA) is 74.2 Å². The quantitative estimate of drug-likeness (QED) is 0.248. The van der Waals surface area contributed by atoms with Crippen LogP contribution >= 0.6 is 0 Å². The minimum atomic E-state index is -0.0486. The van der Waals surface area contributed by atoms with Crippen molar-refractivity contribution in [3.8, 4) is 0 Å². The lowest BCUT2D eigenvalue weighted by atomic mass is 9.94. The van der Waals surface area contributed by atoms with Crippen LogP contribution in [0.1, 0.15) is 78.5 Å². The van der Waals surface area contributed by atoms with Gasteiger partial charge in [0.15, 0.2) is 5.58 Å². The number of aryl methyl sites for hydroxylation is 3. The second kappa shape index (κ2) is 11.6. The fourth-order valence-electron chi connectivity index (χ4n) is 7.02. The van der Waals surface area contributed by atoms with Crippen molar-refractivity contribution in [3.05, 3.63) is 74.2 Å². The molecule has 206 valence electrons. The van der Waals surface area contributed by atoms with Crippen LogP contribution in [0, 0.1) is 6.92 Å². The highest BCUT2D eigenvalue weighted by Gasteiger charge is 2.23. The van der Waals surface area contributed by atoms with E-state index in [4.69, 9.17) is 4.52 Å². The van der Waals surface area contributed by atoms with Gasteiger partial charge in [-0.05, 0) is 118 Å². The van der Waals surface area contributed by atoms with Gasteiger partial charge in [0.1, 0.15) is 0 Å². The van der Waals surface area contributed by atoms with E-state index < -0.39 is 0 Å². The summed E-state index contributed by atoms with van der Waals surface area (Å²) in [6, 6.07) is 10.9. The maximum Gasteiger partial charge on any atom is 0.248 e. The van der Waals surface area contributed by atoms with Crippen molar-refractivity contribution in [2.24, 2.45) is 0 Å². The maximum absolute atomic E-state index is 11.8. The Morgan fingerprint density at radius 1 is 1.03 bits per heavy atom. The lowest BCUT2D eigenvalue weighted by Crippen LogP contribution is -2.34. The van der Waals surface area contributed by atoms with Gasteiger partial charge >= 0.3 is 0 Å². The summed E-state index contributed by atoms with van der Waals surface area (Å²) >= 11 is 0. The number of hydrogen-bond acceptors (Lipinski definition) is 5. The molecule has 0 aliphatic heterocycles. The normalized spacial score (nSPS) is 16.1. The van der Waals surface area contributed by atoms with Gasteiger partial charge in [-0.15, -0.1) is 0 Å². The molecule has 2 aromatic carbocycles. The van der Waals surface area contributed by atoms with Crippen LogP contribution < -0.4 is 10.9 Å². The number of benzene rings is 2. The largest absolute Gasteiger partial charge is 0.356 e. The lowest BCUT2D eigenvalue weighted by molar-refractivity contribution is 0.190. The average Bonchev–Trinajstić information content (AvgIpc) is 3.60. The SMILES string of the molecule is Cc1ccc(CCNCc2cc3onc(CCCN(C)C4CCCCC4)c3c3c2CCC3)c2ccc(=O)[nH]c12. The summed E-state index contributed by atoms with van der Waals surface area (Å²) in [4.78, 5) is 17.4. The Hall–Kier alpha value is -2.96. The molecule has 6 nitrogen and oxygen atoms in total. The van der Waals surface area contributed by atoms with Crippen molar-refractivity contribution in [1.29, 1.82) is 0 Å². The second-order valence-electron chi connectivity index (χ2n) is 11.8. The number of rotatable bonds is 10. The molecule has 2 aliphatic rings. The Kier molecular flexibility index (Phi) is 7.85. The van der Waals surface area contributed by atoms with Crippen LogP contribution in [0.25, 0.3) is 21.9 Å². The van der Waals surface area contributed by atoms with E-state index in [1.807, 2.05) is 13.0 Å². The molecule has 0 unspecified atom stereocenters. The van der Waals surface area contributed by atoms with Gasteiger partial charge in [-0.25, -0.2) is 0 Å². The summed E-state index contributed by atoms with van der Waals surface area (Å²) in [5.41, 5.74) is 9.72. The molecular weight excluding hydrogens is 484 g/mol. The van der Waals surface area contributed by atoms with Crippen LogP contribution in [0.2, 0.25) is 0 Å². The summed E-state index contributed by atoms with van der Waals surface area (Å²) in [5, 5.41) is 10.7. The number of aromatic nitrogens is 2. The second-order valence-corrected chi connectivity index (χ2v) is 11.8. The van der Waals surface area contributed by atoms with Gasteiger partial charge in [-0.1, -0.05) is 36.6 Å². The molecule has 1 saturated carbocycles. The van der Waals surface area contributed by atoms with E-state index in [9.17, 15) is 4.79 Å². The third kappa shape index (κ3) is 5.55. The predicted octanol–water partition coefficient (Wildman–Crippen LogP) is 6.00. The highest BCUT2D eigenvalue weighted by Crippen LogP contribution is 2.35. The number of hydrogen-bond donors (Lipinski definition) is 2. The molecule has 6 heteroatoms. The van der Waals surface area contributed by atoms with Gasteiger partial charge in [0.05, 0.1) is 11.2 Å². The van der Waals surface area contributed by atoms with Gasteiger partial charge in [0, 0.05) is 29.4 Å².